The Kier molecular flexibility index (Phi) is 5.36. The van der Waals surface area contributed by atoms with Gasteiger partial charge in [-0.15, -0.1) is 0 Å². The molecule has 3 rings (SSSR count). The van der Waals surface area contributed by atoms with Crippen molar-refractivity contribution in [1.29, 1.82) is 0 Å². The highest BCUT2D eigenvalue weighted by molar-refractivity contribution is 5.95. The number of aromatic nitrogens is 2. The molecule has 2 heterocycles. The van der Waals surface area contributed by atoms with Crippen LogP contribution in [0, 0.1) is 0 Å². The van der Waals surface area contributed by atoms with Crippen LogP contribution < -0.4 is 15.6 Å². The number of hydrogen-bond acceptors (Lipinski definition) is 5. The second kappa shape index (κ2) is 7.69. The first-order valence-electron chi connectivity index (χ1n) is 8.05. The summed E-state index contributed by atoms with van der Waals surface area (Å²) in [6.07, 6.45) is 0.552. The lowest BCUT2D eigenvalue weighted by Crippen LogP contribution is -2.37. The third kappa shape index (κ3) is 5.16. The van der Waals surface area contributed by atoms with E-state index in [-0.39, 0.29) is 11.8 Å². The Morgan fingerprint density at radius 1 is 1.19 bits per heavy atom. The number of pyridine rings is 2. The van der Waals surface area contributed by atoms with Crippen LogP contribution in [-0.2, 0) is 6.54 Å². The summed E-state index contributed by atoms with van der Waals surface area (Å²) in [5.74, 6) is -0.452. The molecule has 26 heavy (non-hydrogen) atoms. The molecule has 2 aromatic rings. The zero-order valence-electron chi connectivity index (χ0n) is 13.7. The first-order valence-corrected chi connectivity index (χ1v) is 8.05. The number of nitrogens with one attached hydrogen (secondary N) is 2. The van der Waals surface area contributed by atoms with Crippen molar-refractivity contribution < 1.29 is 22.7 Å². The Bertz CT molecular complexity index is 764. The van der Waals surface area contributed by atoms with Crippen LogP contribution in [0.25, 0.3) is 0 Å². The van der Waals surface area contributed by atoms with Gasteiger partial charge in [0.15, 0.2) is 6.61 Å². The van der Waals surface area contributed by atoms with E-state index in [2.05, 4.69) is 25.6 Å². The molecule has 1 saturated carbocycles. The standard InChI is InChI=1S/C17H17F3N4O2/c18-17(19,20)10-26-14-4-3-13(15(23-14)12-1-2-12)16(25)24-22-9-11-5-7-21-8-6-11/h3-8,12,22H,1-2,9-10H2,(H,24,25). The minimum Gasteiger partial charge on any atom is -0.468 e. The Balaban J connectivity index is 1.63. The molecule has 138 valence electrons. The predicted molar refractivity (Wildman–Crippen MR) is 86.3 cm³/mol. The molecule has 1 aliphatic rings. The van der Waals surface area contributed by atoms with E-state index in [9.17, 15) is 18.0 Å². The summed E-state index contributed by atoms with van der Waals surface area (Å²) in [6, 6.07) is 6.33. The second-order valence-corrected chi connectivity index (χ2v) is 5.92. The van der Waals surface area contributed by atoms with Crippen LogP contribution >= 0.6 is 0 Å². The van der Waals surface area contributed by atoms with E-state index in [1.165, 1.54) is 12.1 Å². The van der Waals surface area contributed by atoms with Crippen molar-refractivity contribution in [2.24, 2.45) is 0 Å². The van der Waals surface area contributed by atoms with Crippen molar-refractivity contribution in [3.05, 3.63) is 53.5 Å². The fraction of sp³-hybridized carbons (Fsp3) is 0.353. The Hall–Kier alpha value is -2.68. The van der Waals surface area contributed by atoms with E-state index in [1.54, 1.807) is 12.4 Å². The molecule has 1 amide bonds. The number of carbonyl (C=O) groups excluding carboxylic acids is 1. The van der Waals surface area contributed by atoms with Crippen molar-refractivity contribution in [3.63, 3.8) is 0 Å². The van der Waals surface area contributed by atoms with Gasteiger partial charge in [-0.05, 0) is 36.6 Å². The Labute approximate surface area is 147 Å². The van der Waals surface area contributed by atoms with Gasteiger partial charge in [0, 0.05) is 30.9 Å². The number of amides is 1. The largest absolute Gasteiger partial charge is 0.468 e. The molecule has 0 atom stereocenters. The minimum absolute atomic E-state index is 0.0744. The van der Waals surface area contributed by atoms with E-state index in [4.69, 9.17) is 0 Å². The van der Waals surface area contributed by atoms with Crippen LogP contribution in [0.5, 0.6) is 5.88 Å². The summed E-state index contributed by atoms with van der Waals surface area (Å²) in [4.78, 5) is 20.4. The minimum atomic E-state index is -4.44. The van der Waals surface area contributed by atoms with Crippen molar-refractivity contribution in [2.45, 2.75) is 31.5 Å². The quantitative estimate of drug-likeness (QED) is 0.737. The van der Waals surface area contributed by atoms with Crippen LogP contribution in [0.3, 0.4) is 0 Å². The molecule has 0 aliphatic heterocycles. The van der Waals surface area contributed by atoms with E-state index in [0.29, 0.717) is 17.8 Å². The average molecular weight is 366 g/mol. The first kappa shape index (κ1) is 18.1. The molecule has 0 bridgehead atoms. The molecule has 0 saturated heterocycles. The molecule has 0 radical (unpaired) electrons. The smallest absolute Gasteiger partial charge is 0.422 e. The molecule has 0 spiro atoms. The van der Waals surface area contributed by atoms with E-state index in [1.807, 2.05) is 12.1 Å². The molecule has 0 unspecified atom stereocenters. The number of rotatable bonds is 7. The Morgan fingerprint density at radius 3 is 2.58 bits per heavy atom. The summed E-state index contributed by atoms with van der Waals surface area (Å²) in [5, 5.41) is 0. The van der Waals surface area contributed by atoms with Crippen LogP contribution in [0.4, 0.5) is 13.2 Å². The number of carbonyl (C=O) groups is 1. The molecular formula is C17H17F3N4O2. The fourth-order valence-corrected chi connectivity index (χ4v) is 2.35. The number of hydrazine groups is 1. The molecule has 1 aliphatic carbocycles. The number of halogens is 3. The van der Waals surface area contributed by atoms with E-state index in [0.717, 1.165) is 18.4 Å². The van der Waals surface area contributed by atoms with Crippen LogP contribution in [-0.4, -0.2) is 28.7 Å². The maximum Gasteiger partial charge on any atom is 0.422 e. The van der Waals surface area contributed by atoms with Gasteiger partial charge in [-0.3, -0.25) is 15.2 Å². The normalized spacial score (nSPS) is 14.1. The lowest BCUT2D eigenvalue weighted by Gasteiger charge is -2.13. The van der Waals surface area contributed by atoms with Gasteiger partial charge in [0.2, 0.25) is 5.88 Å². The number of nitrogens with zero attached hydrogens (tertiary/aromatic N) is 2. The third-order valence-corrected chi connectivity index (χ3v) is 3.74. The van der Waals surface area contributed by atoms with Gasteiger partial charge in [0.05, 0.1) is 11.3 Å². The Morgan fingerprint density at radius 2 is 1.92 bits per heavy atom. The maximum absolute atomic E-state index is 12.4. The lowest BCUT2D eigenvalue weighted by molar-refractivity contribution is -0.154. The number of hydrogen-bond donors (Lipinski definition) is 2. The zero-order valence-corrected chi connectivity index (χ0v) is 13.7. The maximum atomic E-state index is 12.4. The monoisotopic (exact) mass is 366 g/mol. The summed E-state index contributed by atoms with van der Waals surface area (Å²) in [7, 11) is 0. The van der Waals surface area contributed by atoms with Crippen LogP contribution in [0.2, 0.25) is 0 Å². The highest BCUT2D eigenvalue weighted by atomic mass is 19.4. The molecular weight excluding hydrogens is 349 g/mol. The van der Waals surface area contributed by atoms with Crippen molar-refractivity contribution in [3.8, 4) is 5.88 Å². The van der Waals surface area contributed by atoms with Gasteiger partial charge < -0.3 is 4.74 Å². The molecule has 9 heteroatoms. The topological polar surface area (TPSA) is 76.1 Å². The number of alkyl halides is 3. The first-order chi connectivity index (χ1) is 12.4. The van der Waals surface area contributed by atoms with Crippen molar-refractivity contribution in [2.75, 3.05) is 6.61 Å². The van der Waals surface area contributed by atoms with E-state index < -0.39 is 18.7 Å². The molecule has 0 aromatic carbocycles. The highest BCUT2D eigenvalue weighted by Crippen LogP contribution is 2.41. The molecule has 2 N–H and O–H groups in total. The van der Waals surface area contributed by atoms with Gasteiger partial charge in [-0.25, -0.2) is 10.4 Å². The molecule has 2 aromatic heterocycles. The molecule has 6 nitrogen and oxygen atoms in total. The predicted octanol–water partition coefficient (Wildman–Crippen LogP) is 2.73. The van der Waals surface area contributed by atoms with Gasteiger partial charge in [-0.2, -0.15) is 13.2 Å². The highest BCUT2D eigenvalue weighted by Gasteiger charge is 2.32. The van der Waals surface area contributed by atoms with Gasteiger partial charge in [-0.1, -0.05) is 0 Å². The van der Waals surface area contributed by atoms with Gasteiger partial charge >= 0.3 is 6.18 Å². The second-order valence-electron chi connectivity index (χ2n) is 5.92. The SMILES string of the molecule is O=C(NNCc1ccncc1)c1ccc(OCC(F)(F)F)nc1C1CC1. The van der Waals surface area contributed by atoms with Gasteiger partial charge in [0.25, 0.3) is 5.91 Å². The zero-order chi connectivity index (χ0) is 18.6. The summed E-state index contributed by atoms with van der Waals surface area (Å²) >= 11 is 0. The van der Waals surface area contributed by atoms with Crippen LogP contribution in [0.15, 0.2) is 36.7 Å². The van der Waals surface area contributed by atoms with E-state index >= 15 is 0 Å². The van der Waals surface area contributed by atoms with Crippen molar-refractivity contribution >= 4 is 5.91 Å². The van der Waals surface area contributed by atoms with Crippen LogP contribution in [0.1, 0.15) is 40.4 Å². The number of ether oxygens (including phenoxy) is 1. The summed E-state index contributed by atoms with van der Waals surface area (Å²) < 4.78 is 41.5. The average Bonchev–Trinajstić information content (AvgIpc) is 3.45. The van der Waals surface area contributed by atoms with Gasteiger partial charge in [0.1, 0.15) is 0 Å². The third-order valence-electron chi connectivity index (χ3n) is 3.74. The fourth-order valence-electron chi connectivity index (χ4n) is 2.35. The summed E-state index contributed by atoms with van der Waals surface area (Å²) in [5.41, 5.74) is 7.12. The lowest BCUT2D eigenvalue weighted by atomic mass is 10.1. The summed E-state index contributed by atoms with van der Waals surface area (Å²) in [6.45, 7) is -1.00. The van der Waals surface area contributed by atoms with Crippen molar-refractivity contribution in [1.82, 2.24) is 20.8 Å². The molecule has 1 fully saturated rings.